The number of amides is 1. The quantitative estimate of drug-likeness (QED) is 0.316. The highest BCUT2D eigenvalue weighted by Crippen LogP contribution is 2.47. The van der Waals surface area contributed by atoms with E-state index < -0.39 is 5.92 Å². The minimum absolute atomic E-state index is 0.0836. The van der Waals surface area contributed by atoms with Crippen LogP contribution >= 0.6 is 15.9 Å². The maximum absolute atomic E-state index is 13.4. The second-order valence-corrected chi connectivity index (χ2v) is 12.5. The molecule has 2 aromatic carbocycles. The lowest BCUT2D eigenvalue weighted by molar-refractivity contribution is -0.117. The molecule has 2 atom stereocenters. The van der Waals surface area contributed by atoms with Crippen LogP contribution in [-0.2, 0) is 16.1 Å². The van der Waals surface area contributed by atoms with E-state index in [1.165, 1.54) is 0 Å². The van der Waals surface area contributed by atoms with Gasteiger partial charge >= 0.3 is 0 Å². The number of nitrogens with one attached hydrogen (secondary N) is 2. The minimum atomic E-state index is -0.487. The molecule has 0 saturated carbocycles. The van der Waals surface area contributed by atoms with Gasteiger partial charge in [-0.1, -0.05) is 25.5 Å². The van der Waals surface area contributed by atoms with Crippen LogP contribution in [0.15, 0.2) is 63.4 Å². The Balaban J connectivity index is 1.34. The molecule has 2 aliphatic heterocycles. The fraction of sp³-hybridized carbons (Fsp3) is 0.457. The Hall–Kier alpha value is -3.65. The topological polar surface area (TPSA) is 113 Å². The maximum Gasteiger partial charge on any atom is 0.251 e. The molecule has 1 aliphatic carbocycles. The lowest BCUT2D eigenvalue weighted by atomic mass is 9.73. The van der Waals surface area contributed by atoms with Gasteiger partial charge in [-0.25, -0.2) is 0 Å². The summed E-state index contributed by atoms with van der Waals surface area (Å²) in [6, 6.07) is 13.6. The molecular weight excluding hydrogens is 636 g/mol. The molecule has 1 fully saturated rings. The highest BCUT2D eigenvalue weighted by Gasteiger charge is 2.38. The molecule has 0 aromatic heterocycles. The van der Waals surface area contributed by atoms with Crippen LogP contribution in [0.5, 0.6) is 11.5 Å². The predicted octanol–water partition coefficient (Wildman–Crippen LogP) is 5.62. The van der Waals surface area contributed by atoms with Crippen LogP contribution < -0.4 is 20.1 Å². The smallest absolute Gasteiger partial charge is 0.251 e. The van der Waals surface area contributed by atoms with Gasteiger partial charge < -0.3 is 24.8 Å². The summed E-state index contributed by atoms with van der Waals surface area (Å²) in [5.74, 6) is 0.802. The summed E-state index contributed by atoms with van der Waals surface area (Å²) in [7, 11) is 0. The molecule has 9 nitrogen and oxygen atoms in total. The largest absolute Gasteiger partial charge is 0.490 e. The molecule has 10 heteroatoms. The number of rotatable bonds is 11. The van der Waals surface area contributed by atoms with Crippen molar-refractivity contribution in [3.05, 3.63) is 80.1 Å². The second-order valence-electron chi connectivity index (χ2n) is 11.7. The molecule has 2 N–H and O–H groups in total. The SMILES string of the molecule is CCOc1cc(C2C(C#N)=C(C)NC3=C2C(=O)CC(CC)C3)cc(Br)c1OCc1cccc(C(=O)NCCN2CCOCC2)c1. The zero-order chi connectivity index (χ0) is 31.9. The number of allylic oxidation sites excluding steroid dienone is 4. The van der Waals surface area contributed by atoms with Gasteiger partial charge in [-0.2, -0.15) is 5.26 Å². The number of nitriles is 1. The molecule has 1 saturated heterocycles. The van der Waals surface area contributed by atoms with E-state index in [1.54, 1.807) is 6.07 Å². The molecule has 5 rings (SSSR count). The van der Waals surface area contributed by atoms with Gasteiger partial charge in [0.1, 0.15) is 6.61 Å². The number of nitrogens with zero attached hydrogens (tertiary/aromatic N) is 2. The summed E-state index contributed by atoms with van der Waals surface area (Å²) in [6.07, 6.45) is 2.20. The molecule has 238 valence electrons. The number of benzene rings is 2. The third-order valence-electron chi connectivity index (χ3n) is 8.66. The van der Waals surface area contributed by atoms with Crippen molar-refractivity contribution in [2.75, 3.05) is 46.0 Å². The lowest BCUT2D eigenvalue weighted by Gasteiger charge is -2.35. The summed E-state index contributed by atoms with van der Waals surface area (Å²) in [5.41, 5.74) is 5.09. The van der Waals surface area contributed by atoms with Crippen molar-refractivity contribution in [2.24, 2.45) is 5.92 Å². The van der Waals surface area contributed by atoms with Crippen molar-refractivity contribution in [3.8, 4) is 17.6 Å². The average molecular weight is 678 g/mol. The molecule has 1 amide bonds. The monoisotopic (exact) mass is 676 g/mol. The highest BCUT2D eigenvalue weighted by atomic mass is 79.9. The number of ketones is 1. The molecule has 0 radical (unpaired) electrons. The van der Waals surface area contributed by atoms with Gasteiger partial charge in [-0.05, 0) is 77.5 Å². The van der Waals surface area contributed by atoms with Gasteiger partial charge in [-0.3, -0.25) is 14.5 Å². The van der Waals surface area contributed by atoms with E-state index in [9.17, 15) is 14.9 Å². The Bertz CT molecular complexity index is 1540. The van der Waals surface area contributed by atoms with Crippen molar-refractivity contribution in [2.45, 2.75) is 52.6 Å². The van der Waals surface area contributed by atoms with Crippen LogP contribution in [0.2, 0.25) is 0 Å². The van der Waals surface area contributed by atoms with Crippen molar-refractivity contribution < 1.29 is 23.8 Å². The number of carbonyl (C=O) groups excluding carboxylic acids is 2. The fourth-order valence-electron chi connectivity index (χ4n) is 6.26. The number of halogens is 1. The molecule has 45 heavy (non-hydrogen) atoms. The van der Waals surface area contributed by atoms with E-state index in [-0.39, 0.29) is 18.3 Å². The van der Waals surface area contributed by atoms with Crippen molar-refractivity contribution in [1.82, 2.24) is 15.5 Å². The Morgan fingerprint density at radius 3 is 2.71 bits per heavy atom. The number of morpholine rings is 1. The Kier molecular flexibility index (Phi) is 11.0. The molecule has 2 aromatic rings. The van der Waals surface area contributed by atoms with E-state index in [4.69, 9.17) is 14.2 Å². The van der Waals surface area contributed by atoms with Crippen LogP contribution in [0.4, 0.5) is 0 Å². The van der Waals surface area contributed by atoms with Crippen molar-refractivity contribution >= 4 is 27.6 Å². The van der Waals surface area contributed by atoms with Crippen LogP contribution in [0, 0.1) is 17.2 Å². The van der Waals surface area contributed by atoms with Crippen molar-refractivity contribution in [3.63, 3.8) is 0 Å². The van der Waals surface area contributed by atoms with Gasteiger partial charge in [0, 0.05) is 55.1 Å². The van der Waals surface area contributed by atoms with E-state index in [2.05, 4.69) is 44.5 Å². The Morgan fingerprint density at radius 1 is 1.18 bits per heavy atom. The zero-order valence-corrected chi connectivity index (χ0v) is 27.8. The summed E-state index contributed by atoms with van der Waals surface area (Å²) < 4.78 is 18.4. The average Bonchev–Trinajstić information content (AvgIpc) is 3.04. The van der Waals surface area contributed by atoms with E-state index in [0.29, 0.717) is 58.2 Å². The van der Waals surface area contributed by atoms with Crippen LogP contribution in [-0.4, -0.2) is 62.6 Å². The maximum atomic E-state index is 13.4. The number of hydrogen-bond acceptors (Lipinski definition) is 8. The first kappa shape index (κ1) is 32.7. The number of Topliss-reactive ketones (excluding diaryl/α,β-unsaturated/α-hetero) is 1. The molecule has 2 unspecified atom stereocenters. The number of hydrogen-bond donors (Lipinski definition) is 2. The second kappa shape index (κ2) is 15.1. The van der Waals surface area contributed by atoms with Crippen molar-refractivity contribution in [1.29, 1.82) is 5.26 Å². The number of carbonyl (C=O) groups is 2. The summed E-state index contributed by atoms with van der Waals surface area (Å²) in [4.78, 5) is 28.6. The number of ether oxygens (including phenoxy) is 3. The zero-order valence-electron chi connectivity index (χ0n) is 26.2. The van der Waals surface area contributed by atoms with E-state index in [0.717, 1.165) is 68.2 Å². The lowest BCUT2D eigenvalue weighted by Crippen LogP contribution is -2.41. The first-order valence-corrected chi connectivity index (χ1v) is 16.5. The Labute approximate surface area is 273 Å². The van der Waals surface area contributed by atoms with Crippen LogP contribution in [0.3, 0.4) is 0 Å². The normalized spacial score (nSPS) is 20.3. The third kappa shape index (κ3) is 7.60. The van der Waals surface area contributed by atoms with Gasteiger partial charge in [0.05, 0.1) is 41.9 Å². The van der Waals surface area contributed by atoms with Crippen LogP contribution in [0.25, 0.3) is 0 Å². The summed E-state index contributed by atoms with van der Waals surface area (Å²) in [6.45, 7) is 11.1. The highest BCUT2D eigenvalue weighted by molar-refractivity contribution is 9.10. The molecule has 3 aliphatic rings. The third-order valence-corrected chi connectivity index (χ3v) is 9.25. The summed E-state index contributed by atoms with van der Waals surface area (Å²) >= 11 is 3.69. The fourth-order valence-corrected chi connectivity index (χ4v) is 6.83. The van der Waals surface area contributed by atoms with Gasteiger partial charge in [0.2, 0.25) is 0 Å². The molecule has 0 spiro atoms. The first-order chi connectivity index (χ1) is 21.8. The Morgan fingerprint density at radius 2 is 1.98 bits per heavy atom. The van der Waals surface area contributed by atoms with E-state index >= 15 is 0 Å². The molecule has 0 bridgehead atoms. The molecular formula is C35H41BrN4O5. The molecule has 2 heterocycles. The van der Waals surface area contributed by atoms with Gasteiger partial charge in [-0.15, -0.1) is 0 Å². The predicted molar refractivity (Wildman–Crippen MR) is 175 cm³/mol. The van der Waals surface area contributed by atoms with Gasteiger partial charge in [0.15, 0.2) is 17.3 Å². The standard InChI is InChI=1S/C35H41BrN4O5/c1-4-23-16-29-33(30(41)17-23)32(27(20-37)22(3)39-29)26-18-28(36)34(31(19-26)44-5-2)45-21-24-7-6-8-25(15-24)35(42)38-9-10-40-11-13-43-14-12-40/h6-8,15,18-19,23,32,39H,4-5,9-14,16-17,21H2,1-3H3,(H,38,42). The minimum Gasteiger partial charge on any atom is -0.490 e. The summed E-state index contributed by atoms with van der Waals surface area (Å²) in [5, 5.41) is 16.5. The van der Waals surface area contributed by atoms with Gasteiger partial charge in [0.25, 0.3) is 5.91 Å². The van der Waals surface area contributed by atoms with E-state index in [1.807, 2.05) is 44.2 Å². The first-order valence-electron chi connectivity index (χ1n) is 15.7. The number of dihydropyridines is 1. The van der Waals surface area contributed by atoms with Crippen LogP contribution in [0.1, 0.15) is 67.4 Å².